The third-order valence-corrected chi connectivity index (χ3v) is 8.73. The number of hydrogen-bond acceptors (Lipinski definition) is 8. The van der Waals surface area contributed by atoms with Gasteiger partial charge in [0.1, 0.15) is 18.7 Å². The number of thiocarbonyl (C=S) groups is 2. The average molecular weight is 755 g/mol. The fourth-order valence-electron chi connectivity index (χ4n) is 4.56. The van der Waals surface area contributed by atoms with Gasteiger partial charge in [0, 0.05) is 49.5 Å². The van der Waals surface area contributed by atoms with Gasteiger partial charge in [0.05, 0.1) is 10.7 Å². The van der Waals surface area contributed by atoms with Crippen LogP contribution in [0.3, 0.4) is 0 Å². The molecule has 0 aliphatic carbocycles. The van der Waals surface area contributed by atoms with Gasteiger partial charge in [0.25, 0.3) is 0 Å². The minimum atomic E-state index is -0.959. The molecule has 8 N–H and O–H groups in total. The number of amides is 5. The van der Waals surface area contributed by atoms with Crippen LogP contribution < -0.4 is 37.6 Å². The molecule has 3 atom stereocenters. The Morgan fingerprint density at radius 1 is 0.865 bits per heavy atom. The molecular formula is C35H51BN8O6S2. The molecule has 0 aliphatic rings. The van der Waals surface area contributed by atoms with Crippen molar-refractivity contribution in [2.75, 3.05) is 36.1 Å². The van der Waals surface area contributed by atoms with Gasteiger partial charge < -0.3 is 52.1 Å². The first-order valence-electron chi connectivity index (χ1n) is 17.2. The molecule has 5 amide bonds. The molecule has 2 aromatic carbocycles. The SMILES string of the molecule is BC(=O)CCN(C)C(=O)OCc1ccc(NC(=O)[C@H](CCCNC(N)=O)NC(=O)[C@@H](NC(=S)Nc2ccc(NC(=S)C(C)CC)cc2)C(C)C)cc1. The molecule has 0 radical (unpaired) electrons. The highest BCUT2D eigenvalue weighted by Gasteiger charge is 2.28. The summed E-state index contributed by atoms with van der Waals surface area (Å²) in [6.07, 6.45) is 1.19. The number of nitrogens with two attached hydrogens (primary N) is 1. The molecule has 0 saturated carbocycles. The van der Waals surface area contributed by atoms with Crippen molar-refractivity contribution < 1.29 is 28.7 Å². The summed E-state index contributed by atoms with van der Waals surface area (Å²) >= 11 is 11.0. The van der Waals surface area contributed by atoms with Crippen LogP contribution in [0.2, 0.25) is 0 Å². The highest BCUT2D eigenvalue weighted by atomic mass is 32.1. The molecule has 0 aliphatic heterocycles. The van der Waals surface area contributed by atoms with E-state index >= 15 is 0 Å². The smallest absolute Gasteiger partial charge is 0.409 e. The lowest BCUT2D eigenvalue weighted by atomic mass is 10.00. The van der Waals surface area contributed by atoms with E-state index in [1.165, 1.54) is 12.7 Å². The lowest BCUT2D eigenvalue weighted by Crippen LogP contribution is -2.55. The highest BCUT2D eigenvalue weighted by molar-refractivity contribution is 7.80. The van der Waals surface area contributed by atoms with Crippen molar-refractivity contribution in [3.05, 3.63) is 54.1 Å². The quantitative estimate of drug-likeness (QED) is 0.0631. The summed E-state index contributed by atoms with van der Waals surface area (Å²) in [5.74, 6) is -0.852. The van der Waals surface area contributed by atoms with Gasteiger partial charge in [-0.1, -0.05) is 52.0 Å². The van der Waals surface area contributed by atoms with Gasteiger partial charge in [-0.2, -0.15) is 0 Å². The fraction of sp³-hybridized carbons (Fsp3) is 0.457. The predicted molar refractivity (Wildman–Crippen MR) is 215 cm³/mol. The van der Waals surface area contributed by atoms with Crippen molar-refractivity contribution in [1.29, 1.82) is 0 Å². The van der Waals surface area contributed by atoms with E-state index in [2.05, 4.69) is 45.7 Å². The molecule has 0 fully saturated rings. The minimum absolute atomic E-state index is 0.00113. The second kappa shape index (κ2) is 22.2. The molecule has 0 bridgehead atoms. The summed E-state index contributed by atoms with van der Waals surface area (Å²) in [5.41, 5.74) is 7.86. The number of rotatable bonds is 19. The van der Waals surface area contributed by atoms with Gasteiger partial charge in [0.2, 0.25) is 11.8 Å². The number of urea groups is 1. The maximum atomic E-state index is 13.6. The monoisotopic (exact) mass is 754 g/mol. The van der Waals surface area contributed by atoms with Crippen LogP contribution in [0.4, 0.5) is 26.7 Å². The van der Waals surface area contributed by atoms with E-state index in [1.807, 2.05) is 38.1 Å². The summed E-state index contributed by atoms with van der Waals surface area (Å²) in [6.45, 7) is 8.33. The van der Waals surface area contributed by atoms with E-state index in [0.29, 0.717) is 23.4 Å². The number of carbonyl (C=O) groups is 5. The van der Waals surface area contributed by atoms with Crippen LogP contribution in [0, 0.1) is 11.8 Å². The van der Waals surface area contributed by atoms with Crippen LogP contribution in [-0.4, -0.2) is 84.7 Å². The van der Waals surface area contributed by atoms with E-state index in [9.17, 15) is 24.0 Å². The number of benzene rings is 2. The van der Waals surface area contributed by atoms with Crippen LogP contribution >= 0.6 is 24.4 Å². The van der Waals surface area contributed by atoms with Crippen LogP contribution in [0.25, 0.3) is 0 Å². The van der Waals surface area contributed by atoms with Gasteiger partial charge in [-0.05, 0) is 79.4 Å². The predicted octanol–water partition coefficient (Wildman–Crippen LogP) is 3.47. The molecule has 1 unspecified atom stereocenters. The van der Waals surface area contributed by atoms with Gasteiger partial charge in [-0.25, -0.2) is 9.59 Å². The van der Waals surface area contributed by atoms with E-state index in [1.54, 1.807) is 31.3 Å². The van der Waals surface area contributed by atoms with Crippen molar-refractivity contribution in [3.63, 3.8) is 0 Å². The van der Waals surface area contributed by atoms with E-state index in [4.69, 9.17) is 34.9 Å². The molecule has 52 heavy (non-hydrogen) atoms. The summed E-state index contributed by atoms with van der Waals surface area (Å²) in [4.78, 5) is 63.7. The van der Waals surface area contributed by atoms with Gasteiger partial charge in [-0.3, -0.25) is 9.59 Å². The number of nitrogens with one attached hydrogen (secondary N) is 6. The fourth-order valence-corrected chi connectivity index (χ4v) is 5.09. The first-order chi connectivity index (χ1) is 24.6. The zero-order chi connectivity index (χ0) is 38.8. The molecule has 17 heteroatoms. The maximum Gasteiger partial charge on any atom is 0.409 e. The Morgan fingerprint density at radius 2 is 1.44 bits per heavy atom. The van der Waals surface area contributed by atoms with Crippen LogP contribution in [0.5, 0.6) is 0 Å². The summed E-state index contributed by atoms with van der Waals surface area (Å²) in [6, 6.07) is 11.7. The lowest BCUT2D eigenvalue weighted by molar-refractivity contribution is -0.128. The number of ether oxygens (including phenoxy) is 1. The third kappa shape index (κ3) is 16.1. The maximum absolute atomic E-state index is 13.6. The second-order valence-corrected chi connectivity index (χ2v) is 13.7. The zero-order valence-corrected chi connectivity index (χ0v) is 32.3. The Balaban J connectivity index is 2.04. The van der Waals surface area contributed by atoms with E-state index in [-0.39, 0.29) is 55.2 Å². The summed E-state index contributed by atoms with van der Waals surface area (Å²) < 4.78 is 5.30. The van der Waals surface area contributed by atoms with Crippen LogP contribution in [-0.2, 0) is 25.7 Å². The van der Waals surface area contributed by atoms with Crippen molar-refractivity contribution in [2.45, 2.75) is 72.1 Å². The summed E-state index contributed by atoms with van der Waals surface area (Å²) in [7, 11) is 3.01. The zero-order valence-electron chi connectivity index (χ0n) is 30.7. The lowest BCUT2D eigenvalue weighted by Gasteiger charge is -2.26. The average Bonchev–Trinajstić information content (AvgIpc) is 3.10. The number of primary amides is 1. The standard InChI is InChI=1S/C35H51BN8O6S2/c1-6-22(4)32(51)40-25-13-15-26(16-14-25)41-34(52)43-29(21(2)3)31(47)42-27(8-7-18-38-33(37)48)30(46)39-24-11-9-23(10-12-24)20-50-35(49)44(5)19-17-28(36)45/h9-16,21-22,27,29H,6-8,17-20,36H2,1-5H3,(H,39,46)(H,40,51)(H,42,47)(H3,37,38,48)(H2,41,43,52)/t22?,27-,29-/m0/s1. The van der Waals surface area contributed by atoms with Crippen molar-refractivity contribution in [3.8, 4) is 0 Å². The highest BCUT2D eigenvalue weighted by Crippen LogP contribution is 2.17. The Hall–Kier alpha value is -4.77. The molecule has 282 valence electrons. The van der Waals surface area contributed by atoms with Gasteiger partial charge in [-0.15, -0.1) is 0 Å². The first-order valence-corrected chi connectivity index (χ1v) is 18.0. The molecule has 2 rings (SSSR count). The normalized spacial score (nSPS) is 12.3. The molecule has 0 saturated heterocycles. The molecule has 0 spiro atoms. The molecular weight excluding hydrogens is 703 g/mol. The van der Waals surface area contributed by atoms with E-state index in [0.717, 1.165) is 17.1 Å². The number of carbonyl (C=O) groups excluding carboxylic acids is 5. The number of nitrogens with zero attached hydrogens (tertiary/aromatic N) is 1. The largest absolute Gasteiger partial charge is 0.445 e. The molecule has 14 nitrogen and oxygen atoms in total. The molecule has 2 aromatic rings. The number of anilines is 3. The van der Waals surface area contributed by atoms with Crippen molar-refractivity contribution >= 4 is 89.1 Å². The Kier molecular flexibility index (Phi) is 18.6. The summed E-state index contributed by atoms with van der Waals surface area (Å²) in [5, 5.41) is 17.8. The Morgan fingerprint density at radius 3 is 2.00 bits per heavy atom. The molecule has 0 heterocycles. The van der Waals surface area contributed by atoms with Crippen molar-refractivity contribution in [1.82, 2.24) is 20.9 Å². The Bertz CT molecular complexity index is 1540. The first kappa shape index (κ1) is 43.4. The van der Waals surface area contributed by atoms with Gasteiger partial charge in [0.15, 0.2) is 13.0 Å². The minimum Gasteiger partial charge on any atom is -0.445 e. The van der Waals surface area contributed by atoms with Crippen molar-refractivity contribution in [2.24, 2.45) is 17.6 Å². The second-order valence-electron chi connectivity index (χ2n) is 12.8. The number of hydrogen-bond donors (Lipinski definition) is 7. The Labute approximate surface area is 317 Å². The van der Waals surface area contributed by atoms with Crippen LogP contribution in [0.15, 0.2) is 48.5 Å². The third-order valence-electron chi connectivity index (χ3n) is 8.00. The van der Waals surface area contributed by atoms with Gasteiger partial charge >= 0.3 is 12.1 Å². The topological polar surface area (TPSA) is 196 Å². The van der Waals surface area contributed by atoms with E-state index < -0.39 is 36.0 Å². The molecule has 0 aromatic heterocycles. The van der Waals surface area contributed by atoms with Crippen LogP contribution in [0.1, 0.15) is 58.9 Å².